The third-order valence-corrected chi connectivity index (χ3v) is 1.87. The first-order valence-corrected chi connectivity index (χ1v) is 4.14. The zero-order valence-corrected chi connectivity index (χ0v) is 7.89. The number of carbonyl (C=O) groups excluding carboxylic acids is 1. The highest BCUT2D eigenvalue weighted by molar-refractivity contribution is 5.88. The predicted octanol–water partition coefficient (Wildman–Crippen LogP) is 0.373. The van der Waals surface area contributed by atoms with E-state index in [1.165, 1.54) is 13.8 Å². The Balaban J connectivity index is 2.46. The van der Waals surface area contributed by atoms with Gasteiger partial charge in [0.05, 0.1) is 12.3 Å². The topological polar surface area (TPSA) is 85.2 Å². The molecule has 1 rings (SSSR count). The Labute approximate surface area is 80.5 Å². The summed E-state index contributed by atoms with van der Waals surface area (Å²) >= 11 is 0. The highest BCUT2D eigenvalue weighted by atomic mass is 16.7. The fraction of sp³-hybridized carbons (Fsp3) is 0.625. The lowest BCUT2D eigenvalue weighted by atomic mass is 10.0. The molecule has 0 aromatic carbocycles. The molecule has 0 amide bonds. The van der Waals surface area contributed by atoms with E-state index < -0.39 is 24.0 Å². The summed E-state index contributed by atoms with van der Waals surface area (Å²) in [4.78, 5) is 25.9. The monoisotopic (exact) mass is 201 g/mol. The Morgan fingerprint density at radius 2 is 2.36 bits per heavy atom. The van der Waals surface area contributed by atoms with Crippen molar-refractivity contribution in [3.8, 4) is 0 Å². The number of carboxylic acids is 1. The number of esters is 1. The van der Waals surface area contributed by atoms with Gasteiger partial charge in [0, 0.05) is 6.92 Å². The Hall–Kier alpha value is -1.59. The van der Waals surface area contributed by atoms with Gasteiger partial charge >= 0.3 is 11.9 Å². The maximum absolute atomic E-state index is 10.6. The number of carboxylic acid groups (broad SMARTS) is 1. The number of hydrogen-bond acceptors (Lipinski definition) is 5. The minimum absolute atomic E-state index is 0.135. The Kier molecular flexibility index (Phi) is 3.06. The van der Waals surface area contributed by atoms with Crippen molar-refractivity contribution in [2.75, 3.05) is 0 Å². The highest BCUT2D eigenvalue weighted by Crippen LogP contribution is 2.19. The van der Waals surface area contributed by atoms with Crippen LogP contribution < -0.4 is 0 Å². The van der Waals surface area contributed by atoms with Crippen LogP contribution in [0.15, 0.2) is 5.16 Å². The van der Waals surface area contributed by atoms with E-state index in [4.69, 9.17) is 9.94 Å². The molecule has 78 valence electrons. The van der Waals surface area contributed by atoms with Crippen molar-refractivity contribution in [1.29, 1.82) is 0 Å². The van der Waals surface area contributed by atoms with Crippen molar-refractivity contribution in [2.24, 2.45) is 11.1 Å². The van der Waals surface area contributed by atoms with E-state index in [9.17, 15) is 9.59 Å². The molecule has 2 unspecified atom stereocenters. The molecule has 6 heteroatoms. The standard InChI is InChI=1S/C8H11NO5/c1-4(8(11)12)6-3-7(9-14-6)13-5(2)10/h4,6H,3H2,1-2H3,(H,11,12). The number of oxime groups is 1. The number of ether oxygens (including phenoxy) is 1. The fourth-order valence-electron chi connectivity index (χ4n) is 1.03. The van der Waals surface area contributed by atoms with Crippen LogP contribution in [0.2, 0.25) is 0 Å². The molecule has 0 saturated heterocycles. The van der Waals surface area contributed by atoms with E-state index >= 15 is 0 Å². The predicted molar refractivity (Wildman–Crippen MR) is 45.5 cm³/mol. The molecule has 2 atom stereocenters. The van der Waals surface area contributed by atoms with Crippen LogP contribution in [0.4, 0.5) is 0 Å². The van der Waals surface area contributed by atoms with Gasteiger partial charge in [-0.15, -0.1) is 0 Å². The van der Waals surface area contributed by atoms with E-state index in [0.29, 0.717) is 0 Å². The van der Waals surface area contributed by atoms with E-state index in [2.05, 4.69) is 9.89 Å². The van der Waals surface area contributed by atoms with Crippen LogP contribution in [-0.2, 0) is 19.2 Å². The largest absolute Gasteiger partial charge is 0.481 e. The highest BCUT2D eigenvalue weighted by Gasteiger charge is 2.32. The van der Waals surface area contributed by atoms with Crippen molar-refractivity contribution >= 4 is 17.8 Å². The van der Waals surface area contributed by atoms with Crippen LogP contribution in [0.5, 0.6) is 0 Å². The first-order chi connectivity index (χ1) is 6.50. The van der Waals surface area contributed by atoms with Gasteiger partial charge in [-0.05, 0) is 6.92 Å². The maximum atomic E-state index is 10.6. The Morgan fingerprint density at radius 3 is 2.86 bits per heavy atom. The lowest BCUT2D eigenvalue weighted by Gasteiger charge is -2.11. The van der Waals surface area contributed by atoms with Gasteiger partial charge in [0.1, 0.15) is 6.10 Å². The Morgan fingerprint density at radius 1 is 1.71 bits per heavy atom. The quantitative estimate of drug-likeness (QED) is 0.652. The summed E-state index contributed by atoms with van der Waals surface area (Å²) in [6.45, 7) is 2.76. The lowest BCUT2D eigenvalue weighted by molar-refractivity contribution is -0.145. The van der Waals surface area contributed by atoms with Gasteiger partial charge < -0.3 is 14.7 Å². The van der Waals surface area contributed by atoms with E-state index in [0.717, 1.165) is 0 Å². The van der Waals surface area contributed by atoms with Crippen LogP contribution in [0.25, 0.3) is 0 Å². The van der Waals surface area contributed by atoms with Crippen molar-refractivity contribution in [3.05, 3.63) is 0 Å². The van der Waals surface area contributed by atoms with Crippen LogP contribution in [0.1, 0.15) is 20.3 Å². The molecule has 0 bridgehead atoms. The molecule has 1 aliphatic rings. The molecule has 0 spiro atoms. The van der Waals surface area contributed by atoms with Gasteiger partial charge in [-0.25, -0.2) is 0 Å². The molecule has 1 aliphatic heterocycles. The number of rotatable bonds is 2. The van der Waals surface area contributed by atoms with Gasteiger partial charge in [0.25, 0.3) is 0 Å². The normalized spacial score (nSPS) is 22.1. The summed E-state index contributed by atoms with van der Waals surface area (Å²) in [5.74, 6) is -1.99. The second-order valence-electron chi connectivity index (χ2n) is 3.05. The average Bonchev–Trinajstić information content (AvgIpc) is 2.50. The first-order valence-electron chi connectivity index (χ1n) is 4.14. The van der Waals surface area contributed by atoms with Gasteiger partial charge in [-0.3, -0.25) is 9.59 Å². The third kappa shape index (κ3) is 2.45. The zero-order valence-electron chi connectivity index (χ0n) is 7.89. The summed E-state index contributed by atoms with van der Waals surface area (Å²) in [5, 5.41) is 12.1. The number of carbonyl (C=O) groups is 2. The smallest absolute Gasteiger partial charge is 0.310 e. The maximum Gasteiger partial charge on any atom is 0.310 e. The molecule has 0 saturated carbocycles. The average molecular weight is 201 g/mol. The molecule has 1 N–H and O–H groups in total. The summed E-state index contributed by atoms with van der Waals surface area (Å²) in [7, 11) is 0. The van der Waals surface area contributed by atoms with Crippen molar-refractivity contribution in [3.63, 3.8) is 0 Å². The molecule has 0 aromatic rings. The molecular weight excluding hydrogens is 190 g/mol. The second-order valence-corrected chi connectivity index (χ2v) is 3.05. The van der Waals surface area contributed by atoms with Crippen molar-refractivity contribution in [1.82, 2.24) is 0 Å². The number of hydrogen-bond donors (Lipinski definition) is 1. The Bertz CT molecular complexity index is 285. The lowest BCUT2D eigenvalue weighted by Crippen LogP contribution is -2.26. The van der Waals surface area contributed by atoms with Crippen LogP contribution in [0.3, 0.4) is 0 Å². The second kappa shape index (κ2) is 4.08. The minimum Gasteiger partial charge on any atom is -0.481 e. The molecule has 6 nitrogen and oxygen atoms in total. The van der Waals surface area contributed by atoms with E-state index in [-0.39, 0.29) is 12.3 Å². The third-order valence-electron chi connectivity index (χ3n) is 1.87. The van der Waals surface area contributed by atoms with Gasteiger partial charge in [-0.2, -0.15) is 0 Å². The molecule has 0 radical (unpaired) electrons. The summed E-state index contributed by atoms with van der Waals surface area (Å²) in [6.07, 6.45) is -0.339. The van der Waals surface area contributed by atoms with Gasteiger partial charge in [0.15, 0.2) is 0 Å². The molecule has 1 heterocycles. The first kappa shape index (κ1) is 10.5. The molecule has 0 aromatic heterocycles. The van der Waals surface area contributed by atoms with Crippen LogP contribution in [-0.4, -0.2) is 29.0 Å². The fourth-order valence-corrected chi connectivity index (χ4v) is 1.03. The molecule has 0 fully saturated rings. The van der Waals surface area contributed by atoms with Gasteiger partial charge in [-0.1, -0.05) is 5.16 Å². The molecule has 0 aliphatic carbocycles. The van der Waals surface area contributed by atoms with E-state index in [1.54, 1.807) is 0 Å². The number of aliphatic carboxylic acids is 1. The van der Waals surface area contributed by atoms with E-state index in [1.807, 2.05) is 0 Å². The van der Waals surface area contributed by atoms with Crippen LogP contribution in [0, 0.1) is 5.92 Å². The molecular formula is C8H11NO5. The SMILES string of the molecule is CC(=O)OC1=NOC(C(C)C(=O)O)C1. The van der Waals surface area contributed by atoms with Gasteiger partial charge in [0.2, 0.25) is 5.90 Å². The summed E-state index contributed by atoms with van der Waals surface area (Å²) in [5.41, 5.74) is 0. The zero-order chi connectivity index (χ0) is 10.7. The summed E-state index contributed by atoms with van der Waals surface area (Å²) < 4.78 is 4.66. The minimum atomic E-state index is -0.964. The van der Waals surface area contributed by atoms with Crippen molar-refractivity contribution < 1.29 is 24.3 Å². The van der Waals surface area contributed by atoms with Crippen molar-refractivity contribution in [2.45, 2.75) is 26.4 Å². The number of nitrogens with zero attached hydrogens (tertiary/aromatic N) is 1. The summed E-state index contributed by atoms with van der Waals surface area (Å²) in [6, 6.07) is 0. The van der Waals surface area contributed by atoms with Crippen LogP contribution >= 0.6 is 0 Å². The molecule has 14 heavy (non-hydrogen) atoms.